The zero-order valence-corrected chi connectivity index (χ0v) is 10.6. The number of rotatable bonds is 4. The van der Waals surface area contributed by atoms with E-state index in [9.17, 15) is 4.79 Å². The number of nitrogens with zero attached hydrogens (tertiary/aromatic N) is 2. The van der Waals surface area contributed by atoms with E-state index in [1.165, 1.54) is 0 Å². The summed E-state index contributed by atoms with van der Waals surface area (Å²) in [7, 11) is 0. The van der Waals surface area contributed by atoms with Gasteiger partial charge in [0.15, 0.2) is 0 Å². The molecule has 1 amide bonds. The van der Waals surface area contributed by atoms with Crippen molar-refractivity contribution in [1.29, 1.82) is 0 Å². The maximum Gasteiger partial charge on any atom is 0.251 e. The van der Waals surface area contributed by atoms with Gasteiger partial charge in [0.1, 0.15) is 0 Å². The van der Waals surface area contributed by atoms with E-state index in [0.717, 1.165) is 12.1 Å². The third-order valence-electron chi connectivity index (χ3n) is 2.92. The molecule has 1 aromatic heterocycles. The van der Waals surface area contributed by atoms with Crippen molar-refractivity contribution in [2.24, 2.45) is 0 Å². The minimum Gasteiger partial charge on any atom is -0.350 e. The molecule has 0 spiro atoms. The summed E-state index contributed by atoms with van der Waals surface area (Å²) in [6.07, 6.45) is 6.25. The normalized spacial score (nSPS) is 12.1. The molecule has 0 fully saturated rings. The van der Waals surface area contributed by atoms with Crippen LogP contribution < -0.4 is 5.32 Å². The maximum atomic E-state index is 11.9. The number of amides is 1. The van der Waals surface area contributed by atoms with E-state index in [2.05, 4.69) is 10.3 Å². The van der Waals surface area contributed by atoms with Crippen molar-refractivity contribution >= 4 is 5.91 Å². The second-order valence-electron chi connectivity index (χ2n) is 4.30. The molecule has 4 heteroatoms. The van der Waals surface area contributed by atoms with Crippen LogP contribution in [0.5, 0.6) is 0 Å². The van der Waals surface area contributed by atoms with E-state index in [1.54, 1.807) is 12.5 Å². The highest BCUT2D eigenvalue weighted by atomic mass is 16.1. The van der Waals surface area contributed by atoms with Crippen LogP contribution in [0.2, 0.25) is 0 Å². The van der Waals surface area contributed by atoms with Gasteiger partial charge in [-0.3, -0.25) is 4.79 Å². The minimum atomic E-state index is -0.0264. The van der Waals surface area contributed by atoms with Crippen molar-refractivity contribution in [1.82, 2.24) is 14.9 Å². The Morgan fingerprint density at radius 2 is 2.11 bits per heavy atom. The molecular weight excluding hydrogens is 226 g/mol. The molecule has 18 heavy (non-hydrogen) atoms. The lowest BCUT2D eigenvalue weighted by molar-refractivity contribution is 0.0939. The molecular formula is C14H17N3O. The predicted octanol–water partition coefficient (Wildman–Crippen LogP) is 2.40. The molecule has 1 aromatic carbocycles. The van der Waals surface area contributed by atoms with Crippen molar-refractivity contribution in [3.05, 3.63) is 48.5 Å². The first-order chi connectivity index (χ1) is 8.70. The van der Waals surface area contributed by atoms with Crippen LogP contribution in [0.4, 0.5) is 0 Å². The van der Waals surface area contributed by atoms with E-state index in [4.69, 9.17) is 0 Å². The first-order valence-electron chi connectivity index (χ1n) is 6.10. The highest BCUT2D eigenvalue weighted by Crippen LogP contribution is 2.09. The summed E-state index contributed by atoms with van der Waals surface area (Å²) < 4.78 is 1.90. The monoisotopic (exact) mass is 243 g/mol. The van der Waals surface area contributed by atoms with Crippen LogP contribution in [-0.4, -0.2) is 21.5 Å². The predicted molar refractivity (Wildman–Crippen MR) is 70.8 cm³/mol. The molecule has 0 unspecified atom stereocenters. The average molecular weight is 243 g/mol. The number of hydrogen-bond donors (Lipinski definition) is 1. The van der Waals surface area contributed by atoms with E-state index in [0.29, 0.717) is 5.56 Å². The zero-order chi connectivity index (χ0) is 13.0. The van der Waals surface area contributed by atoms with Crippen LogP contribution in [0.3, 0.4) is 0 Å². The molecule has 0 saturated carbocycles. The molecule has 0 aliphatic carbocycles. The lowest BCUT2D eigenvalue weighted by Crippen LogP contribution is -2.31. The second kappa shape index (κ2) is 5.49. The van der Waals surface area contributed by atoms with E-state index >= 15 is 0 Å². The summed E-state index contributed by atoms with van der Waals surface area (Å²) in [4.78, 5) is 15.9. The van der Waals surface area contributed by atoms with Crippen LogP contribution in [-0.2, 0) is 0 Å². The highest BCUT2D eigenvalue weighted by molar-refractivity contribution is 5.94. The SMILES string of the molecule is CC[C@@H](C)NC(=O)c1ccc(-n2ccnc2)cc1. The van der Waals surface area contributed by atoms with E-state index in [-0.39, 0.29) is 11.9 Å². The Hall–Kier alpha value is -2.10. The second-order valence-corrected chi connectivity index (χ2v) is 4.30. The lowest BCUT2D eigenvalue weighted by atomic mass is 10.1. The molecule has 4 nitrogen and oxygen atoms in total. The van der Waals surface area contributed by atoms with Gasteiger partial charge in [0.25, 0.3) is 5.91 Å². The Morgan fingerprint density at radius 3 is 2.67 bits per heavy atom. The van der Waals surface area contributed by atoms with Crippen LogP contribution in [0.15, 0.2) is 43.0 Å². The summed E-state index contributed by atoms with van der Waals surface area (Å²) in [6.45, 7) is 4.05. The zero-order valence-electron chi connectivity index (χ0n) is 10.6. The van der Waals surface area contributed by atoms with Gasteiger partial charge in [0.05, 0.1) is 6.33 Å². The van der Waals surface area contributed by atoms with Gasteiger partial charge in [0.2, 0.25) is 0 Å². The van der Waals surface area contributed by atoms with Gasteiger partial charge in [-0.15, -0.1) is 0 Å². The quantitative estimate of drug-likeness (QED) is 0.896. The van der Waals surface area contributed by atoms with Crippen LogP contribution in [0.1, 0.15) is 30.6 Å². The Kier molecular flexibility index (Phi) is 3.77. The third-order valence-corrected chi connectivity index (χ3v) is 2.92. The van der Waals surface area contributed by atoms with E-state index in [1.807, 2.05) is 48.9 Å². The maximum absolute atomic E-state index is 11.9. The summed E-state index contributed by atoms with van der Waals surface area (Å²) in [5.41, 5.74) is 1.67. The molecule has 0 aliphatic rings. The first-order valence-corrected chi connectivity index (χ1v) is 6.10. The number of aromatic nitrogens is 2. The molecule has 0 bridgehead atoms. The number of carbonyl (C=O) groups is 1. The van der Waals surface area contributed by atoms with Gasteiger partial charge in [-0.25, -0.2) is 4.98 Å². The van der Waals surface area contributed by atoms with Crippen molar-refractivity contribution in [2.75, 3.05) is 0 Å². The Labute approximate surface area is 107 Å². The number of imidazole rings is 1. The molecule has 0 aliphatic heterocycles. The largest absolute Gasteiger partial charge is 0.350 e. The molecule has 0 radical (unpaired) electrons. The standard InChI is InChI=1S/C14H17N3O/c1-3-11(2)16-14(18)12-4-6-13(7-5-12)17-9-8-15-10-17/h4-11H,3H2,1-2H3,(H,16,18)/t11-/m1/s1. The molecule has 1 atom stereocenters. The molecule has 1 heterocycles. The van der Waals surface area contributed by atoms with Crippen molar-refractivity contribution in [3.8, 4) is 5.69 Å². The molecule has 0 saturated heterocycles. The van der Waals surface area contributed by atoms with E-state index < -0.39 is 0 Å². The number of benzene rings is 1. The van der Waals surface area contributed by atoms with Gasteiger partial charge in [0, 0.05) is 29.7 Å². The van der Waals surface area contributed by atoms with Crippen LogP contribution >= 0.6 is 0 Å². The molecule has 1 N–H and O–H groups in total. The smallest absolute Gasteiger partial charge is 0.251 e. The Balaban J connectivity index is 2.10. The van der Waals surface area contributed by atoms with Gasteiger partial charge >= 0.3 is 0 Å². The fraction of sp³-hybridized carbons (Fsp3) is 0.286. The van der Waals surface area contributed by atoms with Gasteiger partial charge in [-0.2, -0.15) is 0 Å². The Morgan fingerprint density at radius 1 is 1.39 bits per heavy atom. The minimum absolute atomic E-state index is 0.0264. The summed E-state index contributed by atoms with van der Waals surface area (Å²) in [5, 5.41) is 2.94. The summed E-state index contributed by atoms with van der Waals surface area (Å²) in [6, 6.07) is 7.67. The van der Waals surface area contributed by atoms with Gasteiger partial charge in [-0.1, -0.05) is 6.92 Å². The fourth-order valence-corrected chi connectivity index (χ4v) is 1.61. The molecule has 2 rings (SSSR count). The van der Waals surface area contributed by atoms with Crippen molar-refractivity contribution in [2.45, 2.75) is 26.3 Å². The number of nitrogens with one attached hydrogen (secondary N) is 1. The van der Waals surface area contributed by atoms with Crippen molar-refractivity contribution in [3.63, 3.8) is 0 Å². The molecule has 94 valence electrons. The van der Waals surface area contributed by atoms with Gasteiger partial charge < -0.3 is 9.88 Å². The van der Waals surface area contributed by atoms with Crippen molar-refractivity contribution < 1.29 is 4.79 Å². The Bertz CT molecular complexity index is 502. The molecule has 2 aromatic rings. The van der Waals surface area contributed by atoms with Crippen LogP contribution in [0.25, 0.3) is 5.69 Å². The number of carbonyl (C=O) groups excluding carboxylic acids is 1. The highest BCUT2D eigenvalue weighted by Gasteiger charge is 2.08. The lowest BCUT2D eigenvalue weighted by Gasteiger charge is -2.11. The average Bonchev–Trinajstić information content (AvgIpc) is 2.92. The third kappa shape index (κ3) is 2.77. The van der Waals surface area contributed by atoms with Gasteiger partial charge in [-0.05, 0) is 37.6 Å². The number of hydrogen-bond acceptors (Lipinski definition) is 2. The summed E-state index contributed by atoms with van der Waals surface area (Å²) >= 11 is 0. The first kappa shape index (κ1) is 12.4. The summed E-state index contributed by atoms with van der Waals surface area (Å²) in [5.74, 6) is -0.0264. The fourth-order valence-electron chi connectivity index (χ4n) is 1.61. The van der Waals surface area contributed by atoms with Crippen LogP contribution in [0, 0.1) is 0 Å². The topological polar surface area (TPSA) is 46.9 Å².